The van der Waals surface area contributed by atoms with Crippen molar-refractivity contribution in [1.82, 2.24) is 14.7 Å². The summed E-state index contributed by atoms with van der Waals surface area (Å²) in [6.45, 7) is 6.50. The number of rotatable bonds is 7. The first-order valence-corrected chi connectivity index (χ1v) is 10.4. The molecule has 0 N–H and O–H groups in total. The lowest BCUT2D eigenvalue weighted by molar-refractivity contribution is -0.135. The van der Waals surface area contributed by atoms with Crippen LogP contribution in [-0.2, 0) is 11.3 Å². The van der Waals surface area contributed by atoms with Crippen molar-refractivity contribution in [2.45, 2.75) is 19.5 Å². The minimum Gasteiger partial charge on any atom is -0.493 e. The highest BCUT2D eigenvalue weighted by Crippen LogP contribution is 2.31. The van der Waals surface area contributed by atoms with Crippen molar-refractivity contribution in [2.24, 2.45) is 0 Å². The summed E-state index contributed by atoms with van der Waals surface area (Å²) < 4.78 is 10.9. The van der Waals surface area contributed by atoms with Gasteiger partial charge >= 0.3 is 0 Å². The largest absolute Gasteiger partial charge is 0.493 e. The summed E-state index contributed by atoms with van der Waals surface area (Å²) in [6, 6.07) is 14.0. The highest BCUT2D eigenvalue weighted by Gasteiger charge is 2.31. The normalized spacial score (nSPS) is 16.2. The van der Waals surface area contributed by atoms with Gasteiger partial charge in [-0.05, 0) is 35.7 Å². The molecule has 1 aliphatic heterocycles. The quantitative estimate of drug-likeness (QED) is 0.701. The van der Waals surface area contributed by atoms with Crippen LogP contribution in [0.15, 0.2) is 42.5 Å². The summed E-state index contributed by atoms with van der Waals surface area (Å²) in [7, 11) is 6.98. The summed E-state index contributed by atoms with van der Waals surface area (Å²) >= 11 is 0. The van der Waals surface area contributed by atoms with Crippen LogP contribution in [0.2, 0.25) is 0 Å². The Morgan fingerprint density at radius 2 is 1.60 bits per heavy atom. The molecule has 30 heavy (non-hydrogen) atoms. The molecule has 0 saturated carbocycles. The highest BCUT2D eigenvalue weighted by atomic mass is 16.5. The Balaban J connectivity index is 1.70. The molecular formula is C24H33N3O3. The molecular weight excluding hydrogens is 378 g/mol. The Hall–Kier alpha value is -2.57. The van der Waals surface area contributed by atoms with Gasteiger partial charge in [0.05, 0.1) is 14.2 Å². The van der Waals surface area contributed by atoms with E-state index in [-0.39, 0.29) is 11.9 Å². The molecule has 1 saturated heterocycles. The molecule has 6 nitrogen and oxygen atoms in total. The minimum absolute atomic E-state index is 0.130. The van der Waals surface area contributed by atoms with E-state index < -0.39 is 0 Å². The zero-order valence-electron chi connectivity index (χ0n) is 18.7. The van der Waals surface area contributed by atoms with Crippen LogP contribution in [0.25, 0.3) is 0 Å². The van der Waals surface area contributed by atoms with Crippen molar-refractivity contribution >= 4 is 5.91 Å². The molecule has 0 aromatic heterocycles. The van der Waals surface area contributed by atoms with Crippen LogP contribution in [0.4, 0.5) is 0 Å². The zero-order valence-corrected chi connectivity index (χ0v) is 18.7. The molecule has 2 aromatic rings. The molecule has 1 atom stereocenters. The van der Waals surface area contributed by atoms with E-state index in [9.17, 15) is 4.79 Å². The van der Waals surface area contributed by atoms with Crippen molar-refractivity contribution in [3.63, 3.8) is 0 Å². The molecule has 3 rings (SSSR count). The molecule has 0 radical (unpaired) electrons. The van der Waals surface area contributed by atoms with E-state index in [4.69, 9.17) is 9.47 Å². The van der Waals surface area contributed by atoms with Gasteiger partial charge in [0, 0.05) is 46.8 Å². The van der Waals surface area contributed by atoms with Crippen molar-refractivity contribution in [3.05, 3.63) is 59.2 Å². The molecule has 6 heteroatoms. The Bertz CT molecular complexity index is 846. The standard InChI is InChI=1S/C24H33N3O3/c1-18-15-21(29-4)22(30-5)16-20(18)17-26-11-13-27(14-12-26)23(24(28)25(2)3)19-9-7-6-8-10-19/h6-10,15-16,23H,11-14,17H2,1-5H3/t23-/m0/s1. The van der Waals surface area contributed by atoms with Crippen LogP contribution in [0, 0.1) is 6.92 Å². The second-order valence-electron chi connectivity index (χ2n) is 7.99. The van der Waals surface area contributed by atoms with Gasteiger partial charge in [-0.15, -0.1) is 0 Å². The van der Waals surface area contributed by atoms with Gasteiger partial charge in [0.2, 0.25) is 5.91 Å². The van der Waals surface area contributed by atoms with E-state index in [0.29, 0.717) is 0 Å². The van der Waals surface area contributed by atoms with E-state index in [1.54, 1.807) is 19.1 Å². The number of carbonyl (C=O) groups is 1. The van der Waals surface area contributed by atoms with Crippen LogP contribution in [-0.4, -0.2) is 75.1 Å². The highest BCUT2D eigenvalue weighted by molar-refractivity contribution is 5.82. The molecule has 2 aromatic carbocycles. The van der Waals surface area contributed by atoms with E-state index in [1.807, 2.05) is 50.5 Å². The summed E-state index contributed by atoms with van der Waals surface area (Å²) in [4.78, 5) is 19.4. The van der Waals surface area contributed by atoms with E-state index >= 15 is 0 Å². The number of aryl methyl sites for hydroxylation is 1. The molecule has 0 unspecified atom stereocenters. The SMILES string of the molecule is COc1cc(C)c(CN2CCN([C@H](C(=O)N(C)C)c3ccccc3)CC2)cc1OC. The maximum atomic E-state index is 12.9. The molecule has 1 amide bonds. The van der Waals surface area contributed by atoms with Crippen molar-refractivity contribution in [1.29, 1.82) is 0 Å². The van der Waals surface area contributed by atoms with Gasteiger partial charge in [-0.2, -0.15) is 0 Å². The smallest absolute Gasteiger partial charge is 0.244 e. The van der Waals surface area contributed by atoms with Crippen molar-refractivity contribution in [3.8, 4) is 11.5 Å². The average Bonchev–Trinajstić information content (AvgIpc) is 2.76. The van der Waals surface area contributed by atoms with Gasteiger partial charge in [0.15, 0.2) is 11.5 Å². The van der Waals surface area contributed by atoms with Gasteiger partial charge in [-0.25, -0.2) is 0 Å². The lowest BCUT2D eigenvalue weighted by Crippen LogP contribution is -2.50. The molecule has 1 aliphatic rings. The zero-order chi connectivity index (χ0) is 21.7. The fourth-order valence-corrected chi connectivity index (χ4v) is 4.00. The van der Waals surface area contributed by atoms with Gasteiger partial charge in [-0.1, -0.05) is 30.3 Å². The fourth-order valence-electron chi connectivity index (χ4n) is 4.00. The number of benzene rings is 2. The lowest BCUT2D eigenvalue weighted by Gasteiger charge is -2.39. The molecule has 0 bridgehead atoms. The Labute approximate surface area is 180 Å². The topological polar surface area (TPSA) is 45.2 Å². The van der Waals surface area contributed by atoms with Crippen molar-refractivity contribution in [2.75, 3.05) is 54.5 Å². The van der Waals surface area contributed by atoms with Crippen LogP contribution < -0.4 is 9.47 Å². The molecule has 1 fully saturated rings. The first kappa shape index (κ1) is 22.1. The number of methoxy groups -OCH3 is 2. The summed E-state index contributed by atoms with van der Waals surface area (Å²) in [6.07, 6.45) is 0. The van der Waals surface area contributed by atoms with Crippen molar-refractivity contribution < 1.29 is 14.3 Å². The van der Waals surface area contributed by atoms with Gasteiger partial charge in [0.1, 0.15) is 6.04 Å². The Kier molecular flexibility index (Phi) is 7.34. The van der Waals surface area contributed by atoms with E-state index in [1.165, 1.54) is 11.1 Å². The number of piperazine rings is 1. The second kappa shape index (κ2) is 9.96. The number of likely N-dealkylation sites (N-methyl/N-ethyl adjacent to an activating group) is 1. The maximum absolute atomic E-state index is 12.9. The molecule has 0 spiro atoms. The minimum atomic E-state index is -0.230. The Morgan fingerprint density at radius 1 is 1.00 bits per heavy atom. The first-order chi connectivity index (χ1) is 14.4. The number of hydrogen-bond donors (Lipinski definition) is 0. The molecule has 1 heterocycles. The maximum Gasteiger partial charge on any atom is 0.244 e. The average molecular weight is 412 g/mol. The monoisotopic (exact) mass is 411 g/mol. The van der Waals surface area contributed by atoms with Crippen LogP contribution in [0.1, 0.15) is 22.7 Å². The van der Waals surface area contributed by atoms with Gasteiger partial charge < -0.3 is 14.4 Å². The lowest BCUT2D eigenvalue weighted by atomic mass is 10.0. The predicted octanol–water partition coefficient (Wildman–Crippen LogP) is 2.96. The third-order valence-electron chi connectivity index (χ3n) is 5.80. The molecule has 162 valence electrons. The third kappa shape index (κ3) is 4.94. The number of hydrogen-bond acceptors (Lipinski definition) is 5. The summed E-state index contributed by atoms with van der Waals surface area (Å²) in [5, 5.41) is 0. The van der Waals surface area contributed by atoms with E-state index in [2.05, 4.69) is 22.8 Å². The summed E-state index contributed by atoms with van der Waals surface area (Å²) in [5.41, 5.74) is 3.49. The Morgan fingerprint density at radius 3 is 2.17 bits per heavy atom. The van der Waals surface area contributed by atoms with E-state index in [0.717, 1.165) is 49.8 Å². The first-order valence-electron chi connectivity index (χ1n) is 10.4. The second-order valence-corrected chi connectivity index (χ2v) is 7.99. The van der Waals surface area contributed by atoms with Crippen LogP contribution in [0.3, 0.4) is 0 Å². The number of amides is 1. The number of nitrogens with zero attached hydrogens (tertiary/aromatic N) is 3. The number of ether oxygens (including phenoxy) is 2. The fraction of sp³-hybridized carbons (Fsp3) is 0.458. The van der Waals surface area contributed by atoms with Crippen LogP contribution >= 0.6 is 0 Å². The number of carbonyl (C=O) groups excluding carboxylic acids is 1. The van der Waals surface area contributed by atoms with Gasteiger partial charge in [-0.3, -0.25) is 14.6 Å². The molecule has 0 aliphatic carbocycles. The predicted molar refractivity (Wildman–Crippen MR) is 119 cm³/mol. The summed E-state index contributed by atoms with van der Waals surface area (Å²) in [5.74, 6) is 1.65. The van der Waals surface area contributed by atoms with Crippen LogP contribution in [0.5, 0.6) is 11.5 Å². The third-order valence-corrected chi connectivity index (χ3v) is 5.80. The van der Waals surface area contributed by atoms with Gasteiger partial charge in [0.25, 0.3) is 0 Å².